The van der Waals surface area contributed by atoms with Gasteiger partial charge in [0.15, 0.2) is 0 Å². The number of hydrogen-bond donors (Lipinski definition) is 2. The molecule has 1 aliphatic heterocycles. The van der Waals surface area contributed by atoms with Gasteiger partial charge in [-0.1, -0.05) is 6.07 Å². The van der Waals surface area contributed by atoms with Gasteiger partial charge in [0.2, 0.25) is 5.91 Å². The zero-order chi connectivity index (χ0) is 25.8. The number of nitrogens with one attached hydrogen (secondary N) is 2. The molecule has 0 aliphatic carbocycles. The van der Waals surface area contributed by atoms with Gasteiger partial charge in [-0.25, -0.2) is 9.59 Å². The topological polar surface area (TPSA) is 109 Å². The van der Waals surface area contributed by atoms with E-state index < -0.39 is 29.9 Å². The lowest BCUT2D eigenvalue weighted by Gasteiger charge is -2.35. The number of aryl methyl sites for hydroxylation is 1. The summed E-state index contributed by atoms with van der Waals surface area (Å²) in [6.07, 6.45) is -3.45. The molecule has 190 valence electrons. The summed E-state index contributed by atoms with van der Waals surface area (Å²) in [5.74, 6) is -0.198. The zero-order valence-electron chi connectivity index (χ0n) is 19.6. The molecule has 1 aliphatic rings. The van der Waals surface area contributed by atoms with Crippen LogP contribution in [-0.2, 0) is 15.7 Å². The number of nitrogens with zero attached hydrogens (tertiary/aromatic N) is 4. The van der Waals surface area contributed by atoms with Crippen molar-refractivity contribution in [1.82, 2.24) is 19.6 Å². The number of benzene rings is 1. The van der Waals surface area contributed by atoms with Crippen LogP contribution >= 0.6 is 0 Å². The quantitative estimate of drug-likeness (QED) is 0.656. The number of carbonyl (C=O) groups is 3. The molecule has 13 heteroatoms. The minimum absolute atomic E-state index is 0.0205. The number of piperazine rings is 1. The fraction of sp³-hybridized carbons (Fsp3) is 0.455. The number of alkyl halides is 3. The predicted molar refractivity (Wildman–Crippen MR) is 121 cm³/mol. The fourth-order valence-corrected chi connectivity index (χ4v) is 3.56. The summed E-state index contributed by atoms with van der Waals surface area (Å²) >= 11 is 0. The summed E-state index contributed by atoms with van der Waals surface area (Å²) in [5.41, 5.74) is -0.167. The molecular weight excluding hydrogens is 469 g/mol. The summed E-state index contributed by atoms with van der Waals surface area (Å²) < 4.78 is 45.0. The van der Waals surface area contributed by atoms with E-state index in [1.807, 2.05) is 0 Å². The van der Waals surface area contributed by atoms with Crippen molar-refractivity contribution in [2.45, 2.75) is 33.0 Å². The largest absolute Gasteiger partial charge is 0.450 e. The Morgan fingerprint density at radius 3 is 2.40 bits per heavy atom. The molecule has 1 aromatic carbocycles. The van der Waals surface area contributed by atoms with Gasteiger partial charge >= 0.3 is 18.3 Å². The van der Waals surface area contributed by atoms with E-state index in [2.05, 4.69) is 15.7 Å². The summed E-state index contributed by atoms with van der Waals surface area (Å²) in [7, 11) is 0. The maximum Gasteiger partial charge on any atom is 0.416 e. The summed E-state index contributed by atoms with van der Waals surface area (Å²) in [6.45, 7) is 6.73. The van der Waals surface area contributed by atoms with Crippen LogP contribution in [0.2, 0.25) is 0 Å². The van der Waals surface area contributed by atoms with Gasteiger partial charge in [-0.15, -0.1) is 0 Å². The third-order valence-corrected chi connectivity index (χ3v) is 5.48. The lowest BCUT2D eigenvalue weighted by molar-refractivity contribution is -0.137. The summed E-state index contributed by atoms with van der Waals surface area (Å²) in [6, 6.07) is 2.85. The van der Waals surface area contributed by atoms with Gasteiger partial charge in [0.05, 0.1) is 23.6 Å². The molecule has 3 rings (SSSR count). The van der Waals surface area contributed by atoms with Crippen molar-refractivity contribution >= 4 is 29.4 Å². The Morgan fingerprint density at radius 2 is 1.77 bits per heavy atom. The Hall–Kier alpha value is -3.77. The van der Waals surface area contributed by atoms with Gasteiger partial charge in [0.1, 0.15) is 6.04 Å². The first-order chi connectivity index (χ1) is 16.5. The first kappa shape index (κ1) is 25.8. The highest BCUT2D eigenvalue weighted by molar-refractivity contribution is 6.00. The van der Waals surface area contributed by atoms with Crippen LogP contribution in [0.1, 0.15) is 31.1 Å². The van der Waals surface area contributed by atoms with Crippen molar-refractivity contribution in [3.05, 3.63) is 41.7 Å². The Kier molecular flexibility index (Phi) is 7.87. The second kappa shape index (κ2) is 10.7. The molecule has 0 spiro atoms. The van der Waals surface area contributed by atoms with E-state index >= 15 is 0 Å². The number of amides is 4. The highest BCUT2D eigenvalue weighted by atomic mass is 19.4. The van der Waals surface area contributed by atoms with E-state index in [4.69, 9.17) is 4.74 Å². The molecule has 1 fully saturated rings. The number of carbonyl (C=O) groups excluding carboxylic acids is 3. The van der Waals surface area contributed by atoms with E-state index in [9.17, 15) is 27.6 Å². The van der Waals surface area contributed by atoms with Gasteiger partial charge < -0.3 is 25.2 Å². The average Bonchev–Trinajstić information content (AvgIpc) is 3.17. The van der Waals surface area contributed by atoms with Crippen molar-refractivity contribution in [3.8, 4) is 0 Å². The minimum atomic E-state index is -4.53. The number of ether oxygens (including phenoxy) is 1. The van der Waals surface area contributed by atoms with Crippen molar-refractivity contribution in [3.63, 3.8) is 0 Å². The van der Waals surface area contributed by atoms with Crippen LogP contribution in [0.4, 0.5) is 34.1 Å². The Labute approximate surface area is 200 Å². The van der Waals surface area contributed by atoms with Crippen LogP contribution < -0.4 is 10.6 Å². The van der Waals surface area contributed by atoms with Crippen molar-refractivity contribution in [2.24, 2.45) is 0 Å². The molecule has 0 saturated carbocycles. The molecule has 0 radical (unpaired) electrons. The second-order valence-corrected chi connectivity index (χ2v) is 7.95. The molecule has 2 N–H and O–H groups in total. The zero-order valence-corrected chi connectivity index (χ0v) is 19.6. The third-order valence-electron chi connectivity index (χ3n) is 5.48. The van der Waals surface area contributed by atoms with Gasteiger partial charge in [0, 0.05) is 38.1 Å². The third kappa shape index (κ3) is 6.43. The molecule has 1 saturated heterocycles. The predicted octanol–water partition coefficient (Wildman–Crippen LogP) is 3.72. The number of rotatable bonds is 5. The van der Waals surface area contributed by atoms with Gasteiger partial charge in [-0.2, -0.15) is 18.3 Å². The van der Waals surface area contributed by atoms with E-state index in [1.54, 1.807) is 30.6 Å². The fourth-order valence-electron chi connectivity index (χ4n) is 3.56. The number of anilines is 2. The first-order valence-electron chi connectivity index (χ1n) is 11.0. The van der Waals surface area contributed by atoms with Crippen LogP contribution in [0.25, 0.3) is 0 Å². The van der Waals surface area contributed by atoms with Crippen molar-refractivity contribution < 1.29 is 32.3 Å². The van der Waals surface area contributed by atoms with E-state index in [1.165, 1.54) is 23.0 Å². The molecule has 2 heterocycles. The van der Waals surface area contributed by atoms with Crippen LogP contribution in [0.15, 0.2) is 30.5 Å². The second-order valence-electron chi connectivity index (χ2n) is 7.95. The molecule has 4 amide bonds. The maximum atomic E-state index is 12.9. The minimum Gasteiger partial charge on any atom is -0.450 e. The molecule has 10 nitrogen and oxygen atoms in total. The van der Waals surface area contributed by atoms with Gasteiger partial charge in [0.25, 0.3) is 0 Å². The van der Waals surface area contributed by atoms with Gasteiger partial charge in [-0.05, 0) is 39.0 Å². The summed E-state index contributed by atoms with van der Waals surface area (Å²) in [4.78, 5) is 40.3. The van der Waals surface area contributed by atoms with Crippen LogP contribution in [-0.4, -0.2) is 70.4 Å². The molecule has 1 atom stereocenters. The van der Waals surface area contributed by atoms with Crippen LogP contribution in [0, 0.1) is 6.92 Å². The van der Waals surface area contributed by atoms with E-state index in [0.717, 1.165) is 12.1 Å². The van der Waals surface area contributed by atoms with E-state index in [0.29, 0.717) is 37.6 Å². The molecular formula is C22H27F3N6O4. The Morgan fingerprint density at radius 1 is 1.11 bits per heavy atom. The monoisotopic (exact) mass is 496 g/mol. The average molecular weight is 496 g/mol. The molecule has 1 aromatic heterocycles. The first-order valence-corrected chi connectivity index (χ1v) is 11.0. The normalized spacial score (nSPS) is 14.9. The van der Waals surface area contributed by atoms with Gasteiger partial charge in [-0.3, -0.25) is 9.48 Å². The van der Waals surface area contributed by atoms with Crippen LogP contribution in [0.5, 0.6) is 0 Å². The summed E-state index contributed by atoms with van der Waals surface area (Å²) in [5, 5.41) is 9.20. The molecule has 35 heavy (non-hydrogen) atoms. The lowest BCUT2D eigenvalue weighted by atomic mass is 10.2. The van der Waals surface area contributed by atoms with Crippen molar-refractivity contribution in [2.75, 3.05) is 43.4 Å². The smallest absolute Gasteiger partial charge is 0.416 e. The Bertz CT molecular complexity index is 1080. The molecule has 2 aromatic rings. The maximum absolute atomic E-state index is 12.9. The molecule has 0 bridgehead atoms. The van der Waals surface area contributed by atoms with Crippen molar-refractivity contribution in [1.29, 1.82) is 0 Å². The highest BCUT2D eigenvalue weighted by Gasteiger charge is 2.31. The molecule has 1 unspecified atom stereocenters. The number of aromatic nitrogens is 2. The number of urea groups is 1. The standard InChI is InChI=1S/C22H27F3N6O4/c1-4-35-21(34)30-10-8-29(9-11-30)19(32)15(3)31-13-18(14(2)28-31)27-20(33)26-17-7-5-6-16(12-17)22(23,24)25/h5-7,12-13,15H,4,8-11H2,1-3H3,(H2,26,27,33). The highest BCUT2D eigenvalue weighted by Crippen LogP contribution is 2.30. The SMILES string of the molecule is CCOC(=O)N1CCN(C(=O)C(C)n2cc(NC(=O)Nc3cccc(C(F)(F)F)c3)c(C)n2)CC1. The van der Waals surface area contributed by atoms with Crippen LogP contribution in [0.3, 0.4) is 0 Å². The number of halogens is 3. The van der Waals surface area contributed by atoms with E-state index in [-0.39, 0.29) is 18.2 Å². The lowest BCUT2D eigenvalue weighted by Crippen LogP contribution is -2.52. The Balaban J connectivity index is 1.59. The number of hydrogen-bond acceptors (Lipinski definition) is 5.